The predicted octanol–water partition coefficient (Wildman–Crippen LogP) is 6.49. The summed E-state index contributed by atoms with van der Waals surface area (Å²) in [6, 6.07) is 5.88. The molecular weight excluding hydrogens is 571 g/mol. The van der Waals surface area contributed by atoms with Gasteiger partial charge < -0.3 is 14.6 Å². The Labute approximate surface area is 232 Å². The fourth-order valence-corrected chi connectivity index (χ4v) is 5.93. The van der Waals surface area contributed by atoms with Crippen molar-refractivity contribution < 1.29 is 32.5 Å². The number of hydrogen-bond donors (Lipinski definition) is 1. The number of hydrogen-bond acceptors (Lipinski definition) is 8. The first kappa shape index (κ1) is 26.0. The number of fused-ring (bicyclic) bond motifs is 4. The van der Waals surface area contributed by atoms with E-state index in [1.165, 1.54) is 42.1 Å². The topological polar surface area (TPSA) is 111 Å². The molecule has 0 saturated heterocycles. The van der Waals surface area contributed by atoms with Gasteiger partial charge in [-0.25, -0.2) is 24.1 Å². The molecule has 0 radical (unpaired) electrons. The summed E-state index contributed by atoms with van der Waals surface area (Å²) in [5.74, 6) is -0.198. The van der Waals surface area contributed by atoms with Crippen molar-refractivity contribution in [2.45, 2.75) is 26.1 Å². The second kappa shape index (κ2) is 10.1. The lowest BCUT2D eigenvalue weighted by Crippen LogP contribution is -2.38. The molecule has 0 fully saturated rings. The van der Waals surface area contributed by atoms with Crippen LogP contribution in [0.2, 0.25) is 5.02 Å². The van der Waals surface area contributed by atoms with Gasteiger partial charge in [-0.3, -0.25) is 9.88 Å². The molecule has 4 heterocycles. The molecule has 204 valence electrons. The van der Waals surface area contributed by atoms with Crippen LogP contribution in [0.3, 0.4) is 0 Å². The molecule has 2 aromatic carbocycles. The SMILES string of the molecule is Cc1ncc(N(C[C@H]2Cc3c(c(F)cc4nc(-c5cc(Cl)cc6cc(OC(F)F)cnc56)sc34)O2)C(=O)O)cn1. The normalized spacial score (nSPS) is 14.5. The van der Waals surface area contributed by atoms with Gasteiger partial charge in [0.25, 0.3) is 0 Å². The van der Waals surface area contributed by atoms with Gasteiger partial charge in [-0.2, -0.15) is 8.78 Å². The van der Waals surface area contributed by atoms with Crippen molar-refractivity contribution in [3.63, 3.8) is 0 Å². The van der Waals surface area contributed by atoms with Crippen molar-refractivity contribution in [1.82, 2.24) is 19.9 Å². The van der Waals surface area contributed by atoms with Crippen molar-refractivity contribution in [2.24, 2.45) is 0 Å². The predicted molar refractivity (Wildman–Crippen MR) is 142 cm³/mol. The molecule has 0 bridgehead atoms. The molecular formula is C26H17ClF3N5O4S. The molecule has 0 unspecified atom stereocenters. The molecule has 0 saturated carbocycles. The fourth-order valence-electron chi connectivity index (χ4n) is 4.59. The van der Waals surface area contributed by atoms with E-state index in [0.29, 0.717) is 48.1 Å². The van der Waals surface area contributed by atoms with Gasteiger partial charge in [-0.1, -0.05) is 11.6 Å². The van der Waals surface area contributed by atoms with Crippen molar-refractivity contribution in [1.29, 1.82) is 0 Å². The summed E-state index contributed by atoms with van der Waals surface area (Å²) in [5, 5.41) is 11.0. The molecule has 1 atom stereocenters. The summed E-state index contributed by atoms with van der Waals surface area (Å²) in [6.07, 6.45) is 2.34. The summed E-state index contributed by atoms with van der Waals surface area (Å²) < 4.78 is 51.5. The van der Waals surface area contributed by atoms with E-state index in [1.54, 1.807) is 19.1 Å². The van der Waals surface area contributed by atoms with Gasteiger partial charge >= 0.3 is 12.7 Å². The molecule has 1 N–H and O–H groups in total. The minimum atomic E-state index is -3.00. The maximum absolute atomic E-state index is 15.1. The van der Waals surface area contributed by atoms with E-state index < -0.39 is 24.6 Å². The smallest absolute Gasteiger partial charge is 0.412 e. The van der Waals surface area contributed by atoms with Gasteiger partial charge in [0.05, 0.1) is 46.6 Å². The largest absolute Gasteiger partial charge is 0.485 e. The third kappa shape index (κ3) is 4.82. The highest BCUT2D eigenvalue weighted by Gasteiger charge is 2.33. The Morgan fingerprint density at radius 2 is 2.00 bits per heavy atom. The molecule has 3 aromatic heterocycles. The molecule has 9 nitrogen and oxygen atoms in total. The van der Waals surface area contributed by atoms with Crippen molar-refractivity contribution in [3.8, 4) is 22.1 Å². The van der Waals surface area contributed by atoms with E-state index in [1.807, 2.05) is 0 Å². The zero-order valence-electron chi connectivity index (χ0n) is 20.4. The summed E-state index contributed by atoms with van der Waals surface area (Å²) in [7, 11) is 0. The van der Waals surface area contributed by atoms with Gasteiger partial charge in [0.1, 0.15) is 22.7 Å². The summed E-state index contributed by atoms with van der Waals surface area (Å²) in [5.41, 5.74) is 2.21. The highest BCUT2D eigenvalue weighted by atomic mass is 35.5. The van der Waals surface area contributed by atoms with Crippen LogP contribution in [0.5, 0.6) is 11.5 Å². The van der Waals surface area contributed by atoms with E-state index in [0.717, 1.165) is 4.90 Å². The molecule has 1 aliphatic heterocycles. The number of thiazole rings is 1. The third-order valence-corrected chi connectivity index (χ3v) is 7.66. The Kier molecular flexibility index (Phi) is 6.55. The maximum Gasteiger partial charge on any atom is 0.412 e. The second-order valence-corrected chi connectivity index (χ2v) is 10.4. The van der Waals surface area contributed by atoms with Gasteiger partial charge in [-0.05, 0) is 25.1 Å². The Morgan fingerprint density at radius 3 is 2.73 bits per heavy atom. The fraction of sp³-hybridized carbons (Fsp3) is 0.192. The van der Waals surface area contributed by atoms with Gasteiger partial charge in [0.2, 0.25) is 0 Å². The Balaban J connectivity index is 1.35. The van der Waals surface area contributed by atoms with Crippen molar-refractivity contribution in [2.75, 3.05) is 11.4 Å². The van der Waals surface area contributed by atoms with Crippen LogP contribution in [0.4, 0.5) is 23.7 Å². The van der Waals surface area contributed by atoms with Crippen LogP contribution in [-0.4, -0.2) is 50.4 Å². The number of carbonyl (C=O) groups is 1. The van der Waals surface area contributed by atoms with Crippen LogP contribution in [-0.2, 0) is 6.42 Å². The number of amides is 1. The van der Waals surface area contributed by atoms with E-state index in [2.05, 4.69) is 24.7 Å². The van der Waals surface area contributed by atoms with Crippen LogP contribution in [0, 0.1) is 12.7 Å². The first-order valence-electron chi connectivity index (χ1n) is 11.8. The molecule has 6 rings (SSSR count). The van der Waals surface area contributed by atoms with Crippen molar-refractivity contribution >= 4 is 55.8 Å². The number of benzene rings is 2. The second-order valence-electron chi connectivity index (χ2n) is 8.93. The summed E-state index contributed by atoms with van der Waals surface area (Å²) in [4.78, 5) is 30.0. The minimum Gasteiger partial charge on any atom is -0.485 e. The maximum atomic E-state index is 15.1. The Hall–Kier alpha value is -4.23. The molecule has 1 aliphatic rings. The van der Waals surface area contributed by atoms with Gasteiger partial charge in [0.15, 0.2) is 11.6 Å². The van der Waals surface area contributed by atoms with Crippen LogP contribution < -0.4 is 14.4 Å². The molecule has 14 heteroatoms. The van der Waals surface area contributed by atoms with E-state index in [9.17, 15) is 18.7 Å². The van der Waals surface area contributed by atoms with E-state index in [4.69, 9.17) is 16.3 Å². The number of pyridine rings is 1. The number of aromatic nitrogens is 4. The van der Waals surface area contributed by atoms with E-state index >= 15 is 4.39 Å². The lowest BCUT2D eigenvalue weighted by Gasteiger charge is -2.22. The number of halogens is 4. The quantitative estimate of drug-likeness (QED) is 0.240. The van der Waals surface area contributed by atoms with Crippen LogP contribution in [0.25, 0.3) is 31.7 Å². The lowest BCUT2D eigenvalue weighted by molar-refractivity contribution is -0.0499. The van der Waals surface area contributed by atoms with Crippen LogP contribution >= 0.6 is 22.9 Å². The summed E-state index contributed by atoms with van der Waals surface area (Å²) >= 11 is 7.59. The zero-order chi connectivity index (χ0) is 28.1. The number of aryl methyl sites for hydroxylation is 1. The highest BCUT2D eigenvalue weighted by molar-refractivity contribution is 7.22. The molecule has 5 aromatic rings. The van der Waals surface area contributed by atoms with Crippen LogP contribution in [0.1, 0.15) is 11.4 Å². The average Bonchev–Trinajstić information content (AvgIpc) is 3.51. The number of carboxylic acid groups (broad SMARTS) is 1. The molecule has 1 amide bonds. The zero-order valence-corrected chi connectivity index (χ0v) is 22.0. The standard InChI is InChI=1S/C26H17ClF3N5O4S/c1-11-31-7-14(8-32-11)35(26(36)37)10-16-5-18-22(38-16)19(28)6-20-23(18)40-24(34-20)17-4-13(27)2-12-3-15(39-25(29)30)9-33-21(12)17/h2-4,6-9,16,25H,5,10H2,1H3,(H,36,37)/t16-/m1/s1. The number of nitrogens with zero attached hydrogens (tertiary/aromatic N) is 5. The van der Waals surface area contributed by atoms with Crippen LogP contribution in [0.15, 0.2) is 42.9 Å². The summed E-state index contributed by atoms with van der Waals surface area (Å²) in [6.45, 7) is -1.39. The molecule has 0 spiro atoms. The number of alkyl halides is 2. The third-order valence-electron chi connectivity index (χ3n) is 6.27. The number of anilines is 1. The number of rotatable bonds is 6. The molecule has 40 heavy (non-hydrogen) atoms. The Morgan fingerprint density at radius 1 is 1.23 bits per heavy atom. The first-order chi connectivity index (χ1) is 19.2. The lowest BCUT2D eigenvalue weighted by atomic mass is 10.1. The van der Waals surface area contributed by atoms with Crippen molar-refractivity contribution in [3.05, 3.63) is 65.1 Å². The van der Waals surface area contributed by atoms with Gasteiger partial charge in [0, 0.05) is 34.0 Å². The van der Waals surface area contributed by atoms with E-state index in [-0.39, 0.29) is 30.2 Å². The number of ether oxygens (including phenoxy) is 2. The first-order valence-corrected chi connectivity index (χ1v) is 13.0. The molecule has 0 aliphatic carbocycles. The minimum absolute atomic E-state index is 0.0426. The highest BCUT2D eigenvalue weighted by Crippen LogP contribution is 2.44. The van der Waals surface area contributed by atoms with Gasteiger partial charge in [-0.15, -0.1) is 11.3 Å². The average molecular weight is 588 g/mol. The monoisotopic (exact) mass is 587 g/mol. The Bertz CT molecular complexity index is 1790.